The average molecular weight is 545 g/mol. The van der Waals surface area contributed by atoms with Gasteiger partial charge in [0.1, 0.15) is 23.2 Å². The van der Waals surface area contributed by atoms with E-state index in [0.717, 1.165) is 66.7 Å². The van der Waals surface area contributed by atoms with Crippen molar-refractivity contribution in [3.8, 4) is 10.8 Å². The number of ether oxygens (including phenoxy) is 2. The molecule has 7 nitrogen and oxygen atoms in total. The van der Waals surface area contributed by atoms with E-state index in [9.17, 15) is 18.0 Å². The monoisotopic (exact) mass is 544 g/mol. The minimum absolute atomic E-state index is 0.0193. The number of aromatic nitrogens is 2. The van der Waals surface area contributed by atoms with Gasteiger partial charge in [0.05, 0.1) is 23.7 Å². The fourth-order valence-corrected chi connectivity index (χ4v) is 5.61. The third-order valence-electron chi connectivity index (χ3n) is 6.53. The Bertz CT molecular complexity index is 1440. The second-order valence-corrected chi connectivity index (χ2v) is 10.1. The van der Waals surface area contributed by atoms with Gasteiger partial charge in [-0.1, -0.05) is 24.3 Å². The molecule has 3 heterocycles. The second-order valence-electron chi connectivity index (χ2n) is 9.08. The van der Waals surface area contributed by atoms with Gasteiger partial charge >= 0.3 is 12.1 Å². The minimum atomic E-state index is -4.53. The summed E-state index contributed by atoms with van der Waals surface area (Å²) >= 11 is 1.14. The lowest BCUT2D eigenvalue weighted by Gasteiger charge is -2.27. The van der Waals surface area contributed by atoms with Gasteiger partial charge in [-0.15, -0.1) is 11.3 Å². The molecule has 1 atom stereocenters. The number of esters is 1. The van der Waals surface area contributed by atoms with Gasteiger partial charge in [0.25, 0.3) is 0 Å². The summed E-state index contributed by atoms with van der Waals surface area (Å²) in [4.78, 5) is 19.6. The first-order valence-electron chi connectivity index (χ1n) is 12.2. The van der Waals surface area contributed by atoms with E-state index < -0.39 is 23.8 Å². The maximum atomic E-state index is 13.6. The Hall–Kier alpha value is -3.41. The third-order valence-corrected chi connectivity index (χ3v) is 7.62. The standard InChI is InChI=1S/C27H27F3N4O3S/c1-17(19-5-3-4-6-20(19)27(28,29)30)37-23-14-24(38-25(23)26(35)36-2)34-16-32-21-8-7-18(13-22(21)34)15-33-11-9-31-10-12-33/h3-8,13-14,16-17,31H,9-12,15H2,1-2H3/t17-/m1/s1. The first-order chi connectivity index (χ1) is 18.2. The normalized spacial score (nSPS) is 15.5. The van der Waals surface area contributed by atoms with Crippen LogP contribution in [0.2, 0.25) is 0 Å². The molecular weight excluding hydrogens is 517 g/mol. The van der Waals surface area contributed by atoms with Crippen molar-refractivity contribution < 1.29 is 27.4 Å². The van der Waals surface area contributed by atoms with Crippen molar-refractivity contribution in [1.29, 1.82) is 0 Å². The summed E-state index contributed by atoms with van der Waals surface area (Å²) < 4.78 is 53.5. The molecule has 0 amide bonds. The molecule has 0 saturated carbocycles. The van der Waals surface area contributed by atoms with Gasteiger partial charge < -0.3 is 14.8 Å². The molecular formula is C27H27F3N4O3S. The predicted octanol–water partition coefficient (Wildman–Crippen LogP) is 5.44. The van der Waals surface area contributed by atoms with Crippen LogP contribution in [-0.4, -0.2) is 53.7 Å². The van der Waals surface area contributed by atoms with Gasteiger partial charge in [-0.05, 0) is 30.7 Å². The molecule has 2 aromatic heterocycles. The van der Waals surface area contributed by atoms with Crippen LogP contribution in [0.4, 0.5) is 13.2 Å². The second kappa shape index (κ2) is 10.8. The number of hydrogen-bond acceptors (Lipinski definition) is 7. The molecule has 11 heteroatoms. The number of carbonyl (C=O) groups is 1. The van der Waals surface area contributed by atoms with Crippen LogP contribution < -0.4 is 10.1 Å². The molecule has 4 aromatic rings. The van der Waals surface area contributed by atoms with E-state index in [2.05, 4.69) is 27.3 Å². The highest BCUT2D eigenvalue weighted by molar-refractivity contribution is 7.16. The number of rotatable bonds is 7. The number of halogens is 3. The van der Waals surface area contributed by atoms with E-state index in [1.165, 1.54) is 32.2 Å². The number of methoxy groups -OCH3 is 1. The fourth-order valence-electron chi connectivity index (χ4n) is 4.62. The Morgan fingerprint density at radius 2 is 1.92 bits per heavy atom. The molecule has 0 bridgehead atoms. The van der Waals surface area contributed by atoms with Gasteiger partial charge in [0.2, 0.25) is 0 Å². The summed E-state index contributed by atoms with van der Waals surface area (Å²) in [6.45, 7) is 6.20. The molecule has 1 aliphatic rings. The van der Waals surface area contributed by atoms with Crippen LogP contribution >= 0.6 is 11.3 Å². The number of nitrogens with zero attached hydrogens (tertiary/aromatic N) is 3. The van der Waals surface area contributed by atoms with E-state index in [1.807, 2.05) is 10.6 Å². The van der Waals surface area contributed by atoms with E-state index in [-0.39, 0.29) is 16.2 Å². The van der Waals surface area contributed by atoms with Crippen molar-refractivity contribution in [2.45, 2.75) is 25.7 Å². The molecule has 1 aliphatic heterocycles. The van der Waals surface area contributed by atoms with Crippen LogP contribution in [0.5, 0.6) is 5.75 Å². The summed E-state index contributed by atoms with van der Waals surface area (Å²) in [6, 6.07) is 13.0. The van der Waals surface area contributed by atoms with Crippen molar-refractivity contribution in [2.75, 3.05) is 33.3 Å². The lowest BCUT2D eigenvalue weighted by atomic mass is 10.0. The fraction of sp³-hybridized carbons (Fsp3) is 0.333. The zero-order valence-corrected chi connectivity index (χ0v) is 21.7. The van der Waals surface area contributed by atoms with Crippen LogP contribution in [0, 0.1) is 0 Å². The summed E-state index contributed by atoms with van der Waals surface area (Å²) in [7, 11) is 1.25. The Morgan fingerprint density at radius 1 is 1.16 bits per heavy atom. The number of carbonyl (C=O) groups excluding carboxylic acids is 1. The van der Waals surface area contributed by atoms with Gasteiger partial charge in [-0.3, -0.25) is 9.47 Å². The molecule has 200 valence electrons. The maximum absolute atomic E-state index is 13.6. The molecule has 1 N–H and O–H groups in total. The van der Waals surface area contributed by atoms with Crippen LogP contribution in [-0.2, 0) is 17.5 Å². The Morgan fingerprint density at radius 3 is 2.66 bits per heavy atom. The minimum Gasteiger partial charge on any atom is -0.484 e. The highest BCUT2D eigenvalue weighted by Crippen LogP contribution is 2.39. The maximum Gasteiger partial charge on any atom is 0.416 e. The molecule has 0 spiro atoms. The molecule has 0 aliphatic carbocycles. The highest BCUT2D eigenvalue weighted by Gasteiger charge is 2.35. The van der Waals surface area contributed by atoms with Crippen LogP contribution in [0.1, 0.15) is 39.4 Å². The molecule has 1 fully saturated rings. The zero-order valence-electron chi connectivity index (χ0n) is 20.9. The lowest BCUT2D eigenvalue weighted by Crippen LogP contribution is -2.42. The quantitative estimate of drug-likeness (QED) is 0.313. The third kappa shape index (κ3) is 5.40. The highest BCUT2D eigenvalue weighted by atomic mass is 32.1. The van der Waals surface area contributed by atoms with E-state index in [0.29, 0.717) is 5.00 Å². The number of hydrogen-bond donors (Lipinski definition) is 1. The Labute approximate surface area is 221 Å². The summed E-state index contributed by atoms with van der Waals surface area (Å²) in [5.41, 5.74) is 1.99. The smallest absolute Gasteiger partial charge is 0.416 e. The van der Waals surface area contributed by atoms with Crippen LogP contribution in [0.15, 0.2) is 54.9 Å². The van der Waals surface area contributed by atoms with Crippen molar-refractivity contribution in [3.63, 3.8) is 0 Å². The van der Waals surface area contributed by atoms with Gasteiger partial charge in [-0.2, -0.15) is 13.2 Å². The SMILES string of the molecule is COC(=O)c1sc(-n2cnc3ccc(CN4CCNCC4)cc32)cc1O[C@H](C)c1ccccc1C(F)(F)F. The molecule has 0 unspecified atom stereocenters. The van der Waals surface area contributed by atoms with Crippen molar-refractivity contribution in [2.24, 2.45) is 0 Å². The zero-order chi connectivity index (χ0) is 26.9. The van der Waals surface area contributed by atoms with Gasteiger partial charge in [0, 0.05) is 44.4 Å². The van der Waals surface area contributed by atoms with Crippen molar-refractivity contribution in [3.05, 3.63) is 76.4 Å². The van der Waals surface area contributed by atoms with Crippen LogP contribution in [0.25, 0.3) is 16.0 Å². The molecule has 2 aromatic carbocycles. The predicted molar refractivity (Wildman–Crippen MR) is 139 cm³/mol. The molecule has 0 radical (unpaired) electrons. The lowest BCUT2D eigenvalue weighted by molar-refractivity contribution is -0.139. The summed E-state index contributed by atoms with van der Waals surface area (Å²) in [5, 5.41) is 3.99. The number of fused-ring (bicyclic) bond motifs is 1. The number of benzene rings is 2. The van der Waals surface area contributed by atoms with E-state index >= 15 is 0 Å². The van der Waals surface area contributed by atoms with E-state index in [1.54, 1.807) is 12.4 Å². The summed E-state index contributed by atoms with van der Waals surface area (Å²) in [6.07, 6.45) is -3.83. The molecule has 38 heavy (non-hydrogen) atoms. The largest absolute Gasteiger partial charge is 0.484 e. The van der Waals surface area contributed by atoms with Crippen LogP contribution in [0.3, 0.4) is 0 Å². The van der Waals surface area contributed by atoms with Gasteiger partial charge in [-0.25, -0.2) is 9.78 Å². The van der Waals surface area contributed by atoms with Crippen molar-refractivity contribution in [1.82, 2.24) is 19.8 Å². The first kappa shape index (κ1) is 26.2. The van der Waals surface area contributed by atoms with Gasteiger partial charge in [0.15, 0.2) is 4.88 Å². The van der Waals surface area contributed by atoms with E-state index in [4.69, 9.17) is 9.47 Å². The Kier molecular flexibility index (Phi) is 7.42. The number of imidazole rings is 1. The number of piperazine rings is 1. The average Bonchev–Trinajstić information content (AvgIpc) is 3.52. The number of thiophene rings is 1. The number of alkyl halides is 3. The molecule has 1 saturated heterocycles. The molecule has 5 rings (SSSR count). The summed E-state index contributed by atoms with van der Waals surface area (Å²) in [5.74, 6) is -0.475. The first-order valence-corrected chi connectivity index (χ1v) is 13.0. The topological polar surface area (TPSA) is 68.6 Å². The van der Waals surface area contributed by atoms with Crippen molar-refractivity contribution >= 4 is 28.3 Å². The number of nitrogens with one attached hydrogen (secondary N) is 1. The Balaban J connectivity index is 1.48.